The maximum atomic E-state index is 2.47. The number of hydrogen-bond donors (Lipinski definition) is 0. The van der Waals surface area contributed by atoms with Gasteiger partial charge in [0.1, 0.15) is 0 Å². The van der Waals surface area contributed by atoms with Gasteiger partial charge in [-0.25, -0.2) is 0 Å². The highest BCUT2D eigenvalue weighted by Crippen LogP contribution is 2.36. The van der Waals surface area contributed by atoms with Crippen LogP contribution in [0.1, 0.15) is 40.0 Å². The van der Waals surface area contributed by atoms with Crippen LogP contribution in [0.25, 0.3) is 0 Å². The lowest BCUT2D eigenvalue weighted by atomic mass is 9.75. The minimum absolute atomic E-state index is 0.631. The van der Waals surface area contributed by atoms with E-state index >= 15 is 0 Å². The van der Waals surface area contributed by atoms with E-state index in [0.29, 0.717) is 5.41 Å². The van der Waals surface area contributed by atoms with Crippen molar-refractivity contribution in [2.45, 2.75) is 46.1 Å². The molecule has 0 aliphatic carbocycles. The first-order valence-corrected chi connectivity index (χ1v) is 4.78. The average molecular weight is 155 g/mol. The van der Waals surface area contributed by atoms with Crippen molar-refractivity contribution < 1.29 is 0 Å². The Morgan fingerprint density at radius 1 is 1.55 bits per heavy atom. The van der Waals surface area contributed by atoms with Gasteiger partial charge in [0.2, 0.25) is 0 Å². The summed E-state index contributed by atoms with van der Waals surface area (Å²) < 4.78 is 0. The lowest BCUT2D eigenvalue weighted by Crippen LogP contribution is -2.42. The van der Waals surface area contributed by atoms with Gasteiger partial charge in [0, 0.05) is 6.04 Å². The number of nitrogens with zero attached hydrogens (tertiary/aromatic N) is 1. The predicted molar refractivity (Wildman–Crippen MR) is 49.7 cm³/mol. The van der Waals surface area contributed by atoms with Crippen LogP contribution in [0, 0.1) is 5.41 Å². The molecule has 0 aromatic carbocycles. The molecular weight excluding hydrogens is 134 g/mol. The van der Waals surface area contributed by atoms with Crippen LogP contribution in [0.2, 0.25) is 0 Å². The van der Waals surface area contributed by atoms with E-state index in [9.17, 15) is 0 Å². The van der Waals surface area contributed by atoms with Gasteiger partial charge in [-0.3, -0.25) is 0 Å². The van der Waals surface area contributed by atoms with Crippen molar-refractivity contribution in [2.75, 3.05) is 13.6 Å². The lowest BCUT2D eigenvalue weighted by Gasteiger charge is -2.41. The minimum Gasteiger partial charge on any atom is -0.304 e. The van der Waals surface area contributed by atoms with Gasteiger partial charge in [0.15, 0.2) is 0 Å². The van der Waals surface area contributed by atoms with Gasteiger partial charge in [-0.1, -0.05) is 20.3 Å². The second kappa shape index (κ2) is 3.14. The molecule has 1 heteroatoms. The van der Waals surface area contributed by atoms with Gasteiger partial charge >= 0.3 is 0 Å². The smallest absolute Gasteiger partial charge is 0.00690 e. The molecule has 1 fully saturated rings. The highest BCUT2D eigenvalue weighted by Gasteiger charge is 2.30. The van der Waals surface area contributed by atoms with Gasteiger partial charge in [0.05, 0.1) is 0 Å². The third-order valence-corrected chi connectivity index (χ3v) is 3.46. The third-order valence-electron chi connectivity index (χ3n) is 3.46. The van der Waals surface area contributed by atoms with Crippen LogP contribution in [-0.2, 0) is 0 Å². The Labute approximate surface area is 70.8 Å². The Hall–Kier alpha value is -0.0400. The number of hydrogen-bond acceptors (Lipinski definition) is 1. The standard InChI is InChI=1S/C10H21N/c1-5-10(3)6-7-11(4)9(2)8-10/h9H,5-8H2,1-4H3/t9-,10-/m0/s1. The first kappa shape index (κ1) is 9.05. The molecule has 1 saturated heterocycles. The van der Waals surface area contributed by atoms with Crippen LogP contribution in [0.3, 0.4) is 0 Å². The average Bonchev–Trinajstić information content (AvgIpc) is 1.98. The molecule has 2 atom stereocenters. The SMILES string of the molecule is CC[C@@]1(C)CCN(C)[C@@H](C)C1. The molecule has 1 heterocycles. The van der Waals surface area contributed by atoms with Crippen LogP contribution in [0.4, 0.5) is 0 Å². The van der Waals surface area contributed by atoms with Crippen LogP contribution < -0.4 is 0 Å². The van der Waals surface area contributed by atoms with E-state index in [1.165, 1.54) is 25.8 Å². The third kappa shape index (κ3) is 1.96. The lowest BCUT2D eigenvalue weighted by molar-refractivity contribution is 0.0866. The molecule has 11 heavy (non-hydrogen) atoms. The van der Waals surface area contributed by atoms with Gasteiger partial charge in [-0.05, 0) is 38.8 Å². The molecular formula is C10H21N. The zero-order valence-electron chi connectivity index (χ0n) is 8.35. The molecule has 0 amide bonds. The predicted octanol–water partition coefficient (Wildman–Crippen LogP) is 2.52. The van der Waals surface area contributed by atoms with Crippen molar-refractivity contribution in [3.63, 3.8) is 0 Å². The zero-order chi connectivity index (χ0) is 8.48. The van der Waals surface area contributed by atoms with Gasteiger partial charge in [0.25, 0.3) is 0 Å². The van der Waals surface area contributed by atoms with E-state index in [1.807, 2.05) is 0 Å². The maximum absolute atomic E-state index is 2.47. The first-order chi connectivity index (χ1) is 5.07. The number of piperidine rings is 1. The molecule has 0 bridgehead atoms. The molecule has 1 nitrogen and oxygen atoms in total. The monoisotopic (exact) mass is 155 g/mol. The fraction of sp³-hybridized carbons (Fsp3) is 1.00. The van der Waals surface area contributed by atoms with Crippen molar-refractivity contribution >= 4 is 0 Å². The Kier molecular flexibility index (Phi) is 2.58. The van der Waals surface area contributed by atoms with Crippen LogP contribution in [-0.4, -0.2) is 24.5 Å². The second-order valence-electron chi connectivity index (χ2n) is 4.45. The van der Waals surface area contributed by atoms with E-state index in [4.69, 9.17) is 0 Å². The van der Waals surface area contributed by atoms with Crippen molar-refractivity contribution in [1.29, 1.82) is 0 Å². The highest BCUT2D eigenvalue weighted by molar-refractivity contribution is 4.84. The molecule has 0 aromatic rings. The Morgan fingerprint density at radius 3 is 2.64 bits per heavy atom. The normalized spacial score (nSPS) is 40.9. The van der Waals surface area contributed by atoms with Gasteiger partial charge in [-0.15, -0.1) is 0 Å². The van der Waals surface area contributed by atoms with Crippen molar-refractivity contribution in [1.82, 2.24) is 4.90 Å². The topological polar surface area (TPSA) is 3.24 Å². The van der Waals surface area contributed by atoms with E-state index < -0.39 is 0 Å². The van der Waals surface area contributed by atoms with Crippen LogP contribution in [0.15, 0.2) is 0 Å². The summed E-state index contributed by atoms with van der Waals surface area (Å²) in [6.07, 6.45) is 4.09. The molecule has 0 spiro atoms. The van der Waals surface area contributed by atoms with Crippen molar-refractivity contribution in [3.05, 3.63) is 0 Å². The second-order valence-corrected chi connectivity index (χ2v) is 4.45. The summed E-state index contributed by atoms with van der Waals surface area (Å²) in [6, 6.07) is 0.786. The van der Waals surface area contributed by atoms with E-state index in [0.717, 1.165) is 6.04 Å². The van der Waals surface area contributed by atoms with E-state index in [-0.39, 0.29) is 0 Å². The molecule has 66 valence electrons. The summed E-state index contributed by atoms with van der Waals surface area (Å²) in [7, 11) is 2.24. The fourth-order valence-electron chi connectivity index (χ4n) is 1.96. The number of likely N-dealkylation sites (tertiary alicyclic amines) is 1. The number of rotatable bonds is 1. The molecule has 1 aliphatic rings. The highest BCUT2D eigenvalue weighted by atomic mass is 15.1. The molecule has 0 unspecified atom stereocenters. The summed E-state index contributed by atoms with van der Waals surface area (Å²) in [5, 5.41) is 0. The summed E-state index contributed by atoms with van der Waals surface area (Å²) in [6.45, 7) is 8.37. The first-order valence-electron chi connectivity index (χ1n) is 4.78. The summed E-state index contributed by atoms with van der Waals surface area (Å²) in [5.74, 6) is 0. The molecule has 0 N–H and O–H groups in total. The van der Waals surface area contributed by atoms with Crippen molar-refractivity contribution in [3.8, 4) is 0 Å². The van der Waals surface area contributed by atoms with E-state index in [2.05, 4.69) is 32.7 Å². The zero-order valence-corrected chi connectivity index (χ0v) is 8.35. The summed E-state index contributed by atoms with van der Waals surface area (Å²) in [4.78, 5) is 2.47. The molecule has 0 radical (unpaired) electrons. The summed E-state index contributed by atoms with van der Waals surface area (Å²) >= 11 is 0. The summed E-state index contributed by atoms with van der Waals surface area (Å²) in [5.41, 5.74) is 0.631. The van der Waals surface area contributed by atoms with Gasteiger partial charge < -0.3 is 4.90 Å². The van der Waals surface area contributed by atoms with E-state index in [1.54, 1.807) is 0 Å². The Morgan fingerprint density at radius 2 is 2.18 bits per heavy atom. The Balaban J connectivity index is 2.51. The molecule has 0 aromatic heterocycles. The van der Waals surface area contributed by atoms with Crippen LogP contribution >= 0.6 is 0 Å². The largest absolute Gasteiger partial charge is 0.304 e. The quantitative estimate of drug-likeness (QED) is 0.562. The Bertz CT molecular complexity index is 133. The van der Waals surface area contributed by atoms with Crippen molar-refractivity contribution in [2.24, 2.45) is 5.41 Å². The molecule has 1 aliphatic heterocycles. The van der Waals surface area contributed by atoms with Crippen LogP contribution in [0.5, 0.6) is 0 Å². The molecule has 1 rings (SSSR count). The molecule has 0 saturated carbocycles. The fourth-order valence-corrected chi connectivity index (χ4v) is 1.96. The van der Waals surface area contributed by atoms with Gasteiger partial charge in [-0.2, -0.15) is 0 Å². The maximum Gasteiger partial charge on any atom is 0.00690 e. The minimum atomic E-state index is 0.631.